The van der Waals surface area contributed by atoms with Gasteiger partial charge in [0.05, 0.1) is 6.61 Å². The van der Waals surface area contributed by atoms with Crippen LogP contribution in [0.5, 0.6) is 0 Å². The second-order valence-electron chi connectivity index (χ2n) is 4.13. The molecule has 3 rings (SSSR count). The number of rotatable bonds is 2. The standard InChI is InChI=1S/C12H12BrN3O2S/c13-8-5-7(1-2-9(8)14)12-15-11(16-18-12)10-6-19-4-3-17-10/h1-2,5,10H,3-4,6,14H2. The molecule has 1 saturated heterocycles. The molecule has 0 amide bonds. The van der Waals surface area contributed by atoms with E-state index in [1.54, 1.807) is 6.07 Å². The Morgan fingerprint density at radius 2 is 2.32 bits per heavy atom. The number of nitrogens with zero attached hydrogens (tertiary/aromatic N) is 2. The summed E-state index contributed by atoms with van der Waals surface area (Å²) in [6, 6.07) is 5.52. The van der Waals surface area contributed by atoms with Gasteiger partial charge in [-0.05, 0) is 34.1 Å². The maximum absolute atomic E-state index is 5.75. The van der Waals surface area contributed by atoms with Crippen molar-refractivity contribution in [1.29, 1.82) is 0 Å². The molecule has 0 aliphatic carbocycles. The fraction of sp³-hybridized carbons (Fsp3) is 0.333. The van der Waals surface area contributed by atoms with E-state index in [2.05, 4.69) is 26.1 Å². The van der Waals surface area contributed by atoms with Gasteiger partial charge in [0, 0.05) is 27.2 Å². The van der Waals surface area contributed by atoms with E-state index in [-0.39, 0.29) is 6.10 Å². The van der Waals surface area contributed by atoms with Gasteiger partial charge in [0.2, 0.25) is 5.82 Å². The van der Waals surface area contributed by atoms with Crippen molar-refractivity contribution in [2.75, 3.05) is 23.8 Å². The highest BCUT2D eigenvalue weighted by atomic mass is 79.9. The van der Waals surface area contributed by atoms with Gasteiger partial charge in [-0.1, -0.05) is 5.16 Å². The molecular formula is C12H12BrN3O2S. The lowest BCUT2D eigenvalue weighted by atomic mass is 10.2. The Morgan fingerprint density at radius 3 is 3.05 bits per heavy atom. The molecule has 0 radical (unpaired) electrons. The molecule has 0 spiro atoms. The van der Waals surface area contributed by atoms with Crippen molar-refractivity contribution in [3.8, 4) is 11.5 Å². The first kappa shape index (κ1) is 13.0. The average Bonchev–Trinajstić information content (AvgIpc) is 2.93. The van der Waals surface area contributed by atoms with E-state index in [1.165, 1.54) is 0 Å². The molecule has 7 heteroatoms. The fourth-order valence-electron chi connectivity index (χ4n) is 1.78. The third kappa shape index (κ3) is 2.77. The van der Waals surface area contributed by atoms with E-state index in [0.29, 0.717) is 17.4 Å². The minimum Gasteiger partial charge on any atom is -0.398 e. The van der Waals surface area contributed by atoms with Crippen molar-refractivity contribution in [3.05, 3.63) is 28.5 Å². The molecule has 1 aromatic carbocycles. The van der Waals surface area contributed by atoms with Gasteiger partial charge >= 0.3 is 0 Å². The zero-order valence-corrected chi connectivity index (χ0v) is 12.4. The van der Waals surface area contributed by atoms with Gasteiger partial charge in [0.1, 0.15) is 6.10 Å². The Bertz CT molecular complexity index is 584. The van der Waals surface area contributed by atoms with Gasteiger partial charge in [0.25, 0.3) is 5.89 Å². The third-order valence-corrected chi connectivity index (χ3v) is 4.47. The summed E-state index contributed by atoms with van der Waals surface area (Å²) in [5, 5.41) is 4.00. The summed E-state index contributed by atoms with van der Waals surface area (Å²) in [6.45, 7) is 0.729. The van der Waals surface area contributed by atoms with Gasteiger partial charge in [-0.15, -0.1) is 0 Å². The van der Waals surface area contributed by atoms with Crippen molar-refractivity contribution in [1.82, 2.24) is 10.1 Å². The number of nitrogen functional groups attached to an aromatic ring is 1. The number of halogens is 1. The van der Waals surface area contributed by atoms with Crippen LogP contribution in [0.1, 0.15) is 11.9 Å². The summed E-state index contributed by atoms with van der Waals surface area (Å²) >= 11 is 5.22. The highest BCUT2D eigenvalue weighted by molar-refractivity contribution is 9.10. The number of nitrogens with two attached hydrogens (primary N) is 1. The molecule has 0 saturated carbocycles. The second kappa shape index (κ2) is 5.52. The molecular weight excluding hydrogens is 330 g/mol. The largest absolute Gasteiger partial charge is 0.398 e. The predicted octanol–water partition coefficient (Wildman–Crippen LogP) is 2.89. The van der Waals surface area contributed by atoms with Crippen molar-refractivity contribution < 1.29 is 9.26 Å². The molecule has 2 aromatic rings. The Labute approximate surface area is 123 Å². The van der Waals surface area contributed by atoms with Crippen molar-refractivity contribution in [3.63, 3.8) is 0 Å². The molecule has 1 aromatic heterocycles. The monoisotopic (exact) mass is 341 g/mol. The number of hydrogen-bond acceptors (Lipinski definition) is 6. The number of thioether (sulfide) groups is 1. The Morgan fingerprint density at radius 1 is 1.42 bits per heavy atom. The Hall–Kier alpha value is -1.05. The van der Waals surface area contributed by atoms with Gasteiger partial charge in [-0.25, -0.2) is 0 Å². The molecule has 1 aliphatic heterocycles. The van der Waals surface area contributed by atoms with Gasteiger partial charge in [0.15, 0.2) is 0 Å². The number of anilines is 1. The number of benzene rings is 1. The van der Waals surface area contributed by atoms with Crippen LogP contribution in [0.25, 0.3) is 11.5 Å². The number of ether oxygens (including phenoxy) is 1. The smallest absolute Gasteiger partial charge is 0.258 e. The SMILES string of the molecule is Nc1ccc(-c2nc(C3CSCCO3)no2)cc1Br. The minimum atomic E-state index is -0.0755. The minimum absolute atomic E-state index is 0.0755. The highest BCUT2D eigenvalue weighted by Crippen LogP contribution is 2.29. The van der Waals surface area contributed by atoms with Crippen LogP contribution in [-0.4, -0.2) is 28.3 Å². The molecule has 0 bridgehead atoms. The van der Waals surface area contributed by atoms with Crippen molar-refractivity contribution >= 4 is 33.4 Å². The van der Waals surface area contributed by atoms with E-state index in [9.17, 15) is 0 Å². The van der Waals surface area contributed by atoms with Crippen LogP contribution in [-0.2, 0) is 4.74 Å². The summed E-state index contributed by atoms with van der Waals surface area (Å²) in [4.78, 5) is 4.40. The van der Waals surface area contributed by atoms with Crippen molar-refractivity contribution in [2.45, 2.75) is 6.10 Å². The maximum atomic E-state index is 5.75. The topological polar surface area (TPSA) is 74.2 Å². The molecule has 2 N–H and O–H groups in total. The molecule has 1 atom stereocenters. The zero-order chi connectivity index (χ0) is 13.2. The summed E-state index contributed by atoms with van der Waals surface area (Å²) in [6.07, 6.45) is -0.0755. The first-order valence-corrected chi connectivity index (χ1v) is 7.77. The zero-order valence-electron chi connectivity index (χ0n) is 10.0. The van der Waals surface area contributed by atoms with Crippen LogP contribution in [0.2, 0.25) is 0 Å². The Kier molecular flexibility index (Phi) is 3.76. The lowest BCUT2D eigenvalue weighted by Crippen LogP contribution is -2.16. The first-order chi connectivity index (χ1) is 9.24. The molecule has 1 unspecified atom stereocenters. The van der Waals surface area contributed by atoms with E-state index < -0.39 is 0 Å². The molecule has 5 nitrogen and oxygen atoms in total. The third-order valence-electron chi connectivity index (χ3n) is 2.79. The van der Waals surface area contributed by atoms with E-state index >= 15 is 0 Å². The van der Waals surface area contributed by atoms with E-state index in [1.807, 2.05) is 23.9 Å². The highest BCUT2D eigenvalue weighted by Gasteiger charge is 2.22. The van der Waals surface area contributed by atoms with Crippen LogP contribution >= 0.6 is 27.7 Å². The first-order valence-electron chi connectivity index (χ1n) is 5.82. The van der Waals surface area contributed by atoms with Crippen LogP contribution < -0.4 is 5.73 Å². The lowest BCUT2D eigenvalue weighted by molar-refractivity contribution is 0.0677. The number of aromatic nitrogens is 2. The summed E-state index contributed by atoms with van der Waals surface area (Å²) < 4.78 is 11.7. The average molecular weight is 342 g/mol. The van der Waals surface area contributed by atoms with Crippen molar-refractivity contribution in [2.24, 2.45) is 0 Å². The lowest BCUT2D eigenvalue weighted by Gasteiger charge is -2.18. The summed E-state index contributed by atoms with van der Waals surface area (Å²) in [5.41, 5.74) is 7.27. The maximum Gasteiger partial charge on any atom is 0.258 e. The fourth-order valence-corrected chi connectivity index (χ4v) is 3.00. The van der Waals surface area contributed by atoms with Gasteiger partial charge < -0.3 is 15.0 Å². The predicted molar refractivity (Wildman–Crippen MR) is 77.9 cm³/mol. The van der Waals surface area contributed by atoms with Crippen LogP contribution in [0.15, 0.2) is 27.2 Å². The van der Waals surface area contributed by atoms with Crippen LogP contribution in [0.3, 0.4) is 0 Å². The second-order valence-corrected chi connectivity index (χ2v) is 6.13. The quantitative estimate of drug-likeness (QED) is 0.846. The van der Waals surface area contributed by atoms with E-state index in [0.717, 1.165) is 28.1 Å². The molecule has 2 heterocycles. The normalized spacial score (nSPS) is 19.5. The number of hydrogen-bond donors (Lipinski definition) is 1. The van der Waals surface area contributed by atoms with Crippen LogP contribution in [0, 0.1) is 0 Å². The van der Waals surface area contributed by atoms with E-state index in [4.69, 9.17) is 15.0 Å². The molecule has 1 fully saturated rings. The molecule has 100 valence electrons. The summed E-state index contributed by atoms with van der Waals surface area (Å²) in [7, 11) is 0. The summed E-state index contributed by atoms with van der Waals surface area (Å²) in [5.74, 6) is 2.97. The Balaban J connectivity index is 1.85. The molecule has 1 aliphatic rings. The molecule has 19 heavy (non-hydrogen) atoms. The van der Waals surface area contributed by atoms with Gasteiger partial charge in [-0.3, -0.25) is 0 Å². The van der Waals surface area contributed by atoms with Crippen LogP contribution in [0.4, 0.5) is 5.69 Å². The van der Waals surface area contributed by atoms with Gasteiger partial charge in [-0.2, -0.15) is 16.7 Å².